The van der Waals surface area contributed by atoms with E-state index in [4.69, 9.17) is 11.6 Å². The number of imidazole rings is 1. The molecule has 5 nitrogen and oxygen atoms in total. The highest BCUT2D eigenvalue weighted by atomic mass is 35.5. The van der Waals surface area contributed by atoms with Crippen LogP contribution in [-0.4, -0.2) is 33.9 Å². The largest absolute Gasteiger partial charge is 0.373 e. The molecular weight excluding hydrogens is 336 g/mol. The van der Waals surface area contributed by atoms with Crippen molar-refractivity contribution in [2.24, 2.45) is 0 Å². The maximum atomic E-state index is 12.8. The second-order valence-corrected chi connectivity index (χ2v) is 7.04. The summed E-state index contributed by atoms with van der Waals surface area (Å²) in [6.07, 6.45) is 0.651. The van der Waals surface area contributed by atoms with Gasteiger partial charge in [0.1, 0.15) is 11.9 Å². The number of nitrogens with one attached hydrogen (secondary N) is 2. The predicted molar refractivity (Wildman–Crippen MR) is 99.9 cm³/mol. The second-order valence-electron chi connectivity index (χ2n) is 6.60. The smallest absolute Gasteiger partial charge is 0.245 e. The van der Waals surface area contributed by atoms with Gasteiger partial charge < -0.3 is 15.2 Å². The summed E-state index contributed by atoms with van der Waals surface area (Å²) in [6, 6.07) is 11.5. The third-order valence-electron chi connectivity index (χ3n) is 4.57. The van der Waals surface area contributed by atoms with Gasteiger partial charge in [-0.2, -0.15) is 0 Å². The van der Waals surface area contributed by atoms with Crippen LogP contribution in [0.15, 0.2) is 36.4 Å². The van der Waals surface area contributed by atoms with E-state index in [1.807, 2.05) is 37.3 Å². The van der Waals surface area contributed by atoms with Gasteiger partial charge in [0.15, 0.2) is 0 Å². The number of carbonyl (C=O) groups is 1. The number of fused-ring (bicyclic) bond motifs is 2. The topological polar surface area (TPSA) is 61.0 Å². The summed E-state index contributed by atoms with van der Waals surface area (Å²) < 4.78 is 0. The molecule has 2 aromatic carbocycles. The van der Waals surface area contributed by atoms with Gasteiger partial charge in [-0.05, 0) is 48.4 Å². The number of H-pyrrole nitrogens is 1. The molecule has 2 heterocycles. The van der Waals surface area contributed by atoms with Crippen LogP contribution in [-0.2, 0) is 17.8 Å². The number of hydrogen-bond donors (Lipinski definition) is 2. The van der Waals surface area contributed by atoms with Gasteiger partial charge in [-0.25, -0.2) is 4.98 Å². The first-order valence-electron chi connectivity index (χ1n) is 8.25. The van der Waals surface area contributed by atoms with Gasteiger partial charge in [-0.3, -0.25) is 4.79 Å². The molecule has 0 spiro atoms. The quantitative estimate of drug-likeness (QED) is 0.756. The van der Waals surface area contributed by atoms with E-state index in [0.29, 0.717) is 18.0 Å². The van der Waals surface area contributed by atoms with E-state index in [9.17, 15) is 4.79 Å². The van der Waals surface area contributed by atoms with Crippen molar-refractivity contribution < 1.29 is 4.79 Å². The maximum absolute atomic E-state index is 12.8. The Balaban J connectivity index is 1.47. The minimum atomic E-state index is -0.259. The molecule has 1 aliphatic heterocycles. The lowest BCUT2D eigenvalue weighted by atomic mass is 10.1. The zero-order valence-electron chi connectivity index (χ0n) is 14.1. The fourth-order valence-electron chi connectivity index (χ4n) is 3.30. The molecule has 1 aliphatic rings. The van der Waals surface area contributed by atoms with Crippen LogP contribution in [0.3, 0.4) is 0 Å². The van der Waals surface area contributed by atoms with Crippen molar-refractivity contribution in [3.05, 3.63) is 58.4 Å². The van der Waals surface area contributed by atoms with Gasteiger partial charge in [-0.1, -0.05) is 17.7 Å². The Morgan fingerprint density at radius 3 is 3.00 bits per heavy atom. The zero-order valence-corrected chi connectivity index (χ0v) is 14.9. The van der Waals surface area contributed by atoms with Gasteiger partial charge in [0, 0.05) is 24.2 Å². The summed E-state index contributed by atoms with van der Waals surface area (Å²) in [7, 11) is 1.80. The molecule has 25 heavy (non-hydrogen) atoms. The first kappa shape index (κ1) is 16.0. The molecule has 0 radical (unpaired) electrons. The number of halogens is 1. The van der Waals surface area contributed by atoms with E-state index in [1.54, 1.807) is 11.9 Å². The van der Waals surface area contributed by atoms with Gasteiger partial charge in [0.2, 0.25) is 5.91 Å². The molecule has 0 bridgehead atoms. The number of anilines is 1. The fraction of sp³-hybridized carbons (Fsp3) is 0.263. The third kappa shape index (κ3) is 3.07. The Labute approximate surface area is 151 Å². The average Bonchev–Trinajstić information content (AvgIpc) is 3.16. The maximum Gasteiger partial charge on any atom is 0.245 e. The Bertz CT molecular complexity index is 965. The SMILES string of the molecule is Cc1ccc2nc(CN(C)C(=O)C3Cc4cc(Cl)ccc4N3)[nH]c2c1. The number of aryl methyl sites for hydroxylation is 1. The Morgan fingerprint density at radius 2 is 2.16 bits per heavy atom. The number of nitrogens with zero attached hydrogens (tertiary/aromatic N) is 2. The van der Waals surface area contributed by atoms with Crippen molar-refractivity contribution in [1.29, 1.82) is 0 Å². The lowest BCUT2D eigenvalue weighted by Crippen LogP contribution is -2.39. The second kappa shape index (κ2) is 6.08. The number of rotatable bonds is 3. The molecule has 1 aromatic heterocycles. The number of likely N-dealkylation sites (N-methyl/N-ethyl adjacent to an activating group) is 1. The van der Waals surface area contributed by atoms with Crippen LogP contribution in [0.5, 0.6) is 0 Å². The molecule has 3 aromatic rings. The summed E-state index contributed by atoms with van der Waals surface area (Å²) in [5, 5.41) is 3.98. The van der Waals surface area contributed by atoms with Crippen LogP contribution in [0.2, 0.25) is 5.02 Å². The highest BCUT2D eigenvalue weighted by Crippen LogP contribution is 2.29. The molecule has 4 rings (SSSR count). The molecule has 0 saturated heterocycles. The van der Waals surface area contributed by atoms with Crippen molar-refractivity contribution in [1.82, 2.24) is 14.9 Å². The lowest BCUT2D eigenvalue weighted by Gasteiger charge is -2.20. The molecule has 0 fully saturated rings. The number of aromatic nitrogens is 2. The van der Waals surface area contributed by atoms with Crippen molar-refractivity contribution >= 4 is 34.2 Å². The number of benzene rings is 2. The summed E-state index contributed by atoms with van der Waals surface area (Å²) in [5.41, 5.74) is 5.16. The van der Waals surface area contributed by atoms with E-state index in [0.717, 1.165) is 28.1 Å². The fourth-order valence-corrected chi connectivity index (χ4v) is 3.49. The van der Waals surface area contributed by atoms with Crippen LogP contribution in [0.1, 0.15) is 17.0 Å². The van der Waals surface area contributed by atoms with Crippen molar-refractivity contribution in [2.75, 3.05) is 12.4 Å². The van der Waals surface area contributed by atoms with E-state index in [2.05, 4.69) is 21.4 Å². The molecule has 6 heteroatoms. The van der Waals surface area contributed by atoms with Gasteiger partial charge in [0.25, 0.3) is 0 Å². The zero-order chi connectivity index (χ0) is 17.6. The number of amides is 1. The molecular formula is C19H19ClN4O. The first-order chi connectivity index (χ1) is 12.0. The van der Waals surface area contributed by atoms with E-state index in [1.165, 1.54) is 5.56 Å². The van der Waals surface area contributed by atoms with Crippen LogP contribution in [0, 0.1) is 6.92 Å². The standard InChI is InChI=1S/C19H19ClN4O/c1-11-3-5-15-16(7-11)23-18(22-15)10-24(2)19(25)17-9-12-8-13(20)4-6-14(12)21-17/h3-8,17,21H,9-10H2,1-2H3,(H,22,23). The molecule has 1 atom stereocenters. The van der Waals surface area contributed by atoms with Crippen LogP contribution in [0.25, 0.3) is 11.0 Å². The lowest BCUT2D eigenvalue weighted by molar-refractivity contribution is -0.131. The van der Waals surface area contributed by atoms with E-state index >= 15 is 0 Å². The number of hydrogen-bond acceptors (Lipinski definition) is 3. The predicted octanol–water partition coefficient (Wildman–Crippen LogP) is 3.52. The van der Waals surface area contributed by atoms with Crippen LogP contribution < -0.4 is 5.32 Å². The Hall–Kier alpha value is -2.53. The van der Waals surface area contributed by atoms with Crippen molar-refractivity contribution in [3.8, 4) is 0 Å². The van der Waals surface area contributed by atoms with Gasteiger partial charge in [-0.15, -0.1) is 0 Å². The summed E-state index contributed by atoms with van der Waals surface area (Å²) in [5.74, 6) is 0.832. The first-order valence-corrected chi connectivity index (χ1v) is 8.62. The third-order valence-corrected chi connectivity index (χ3v) is 4.80. The molecule has 1 amide bonds. The molecule has 2 N–H and O–H groups in total. The monoisotopic (exact) mass is 354 g/mol. The van der Waals surface area contributed by atoms with Gasteiger partial charge in [0.05, 0.1) is 17.6 Å². The minimum absolute atomic E-state index is 0.0453. The number of carbonyl (C=O) groups excluding carboxylic acids is 1. The molecule has 1 unspecified atom stereocenters. The van der Waals surface area contributed by atoms with E-state index in [-0.39, 0.29) is 11.9 Å². The average molecular weight is 355 g/mol. The molecule has 0 saturated carbocycles. The summed E-state index contributed by atoms with van der Waals surface area (Å²) in [4.78, 5) is 22.3. The van der Waals surface area contributed by atoms with Crippen LogP contribution in [0.4, 0.5) is 5.69 Å². The Morgan fingerprint density at radius 1 is 1.32 bits per heavy atom. The molecule has 128 valence electrons. The Kier molecular flexibility index (Phi) is 3.88. The van der Waals surface area contributed by atoms with E-state index < -0.39 is 0 Å². The normalized spacial score (nSPS) is 15.9. The number of aromatic amines is 1. The highest BCUT2D eigenvalue weighted by Gasteiger charge is 2.29. The summed E-state index contributed by atoms with van der Waals surface area (Å²) in [6.45, 7) is 2.49. The minimum Gasteiger partial charge on any atom is -0.373 e. The highest BCUT2D eigenvalue weighted by molar-refractivity contribution is 6.30. The molecule has 0 aliphatic carbocycles. The van der Waals surface area contributed by atoms with Crippen LogP contribution >= 0.6 is 11.6 Å². The van der Waals surface area contributed by atoms with Crippen molar-refractivity contribution in [3.63, 3.8) is 0 Å². The van der Waals surface area contributed by atoms with Crippen molar-refractivity contribution in [2.45, 2.75) is 25.9 Å². The summed E-state index contributed by atoms with van der Waals surface area (Å²) >= 11 is 6.03. The van der Waals surface area contributed by atoms with Gasteiger partial charge >= 0.3 is 0 Å².